The molecule has 0 saturated carbocycles. The topological polar surface area (TPSA) is 49.3 Å². The van der Waals surface area contributed by atoms with Crippen molar-refractivity contribution < 1.29 is 14.3 Å². The molecular weight excluding hydrogens is 257 g/mol. The lowest BCUT2D eigenvalue weighted by molar-refractivity contribution is 0.0951. The van der Waals surface area contributed by atoms with Gasteiger partial charge in [0.05, 0.1) is 5.56 Å². The summed E-state index contributed by atoms with van der Waals surface area (Å²) in [7, 11) is 0. The zero-order chi connectivity index (χ0) is 14.5. The van der Waals surface area contributed by atoms with E-state index in [0.29, 0.717) is 13.0 Å². The van der Waals surface area contributed by atoms with E-state index in [-0.39, 0.29) is 23.0 Å². The van der Waals surface area contributed by atoms with E-state index in [9.17, 15) is 14.3 Å². The van der Waals surface area contributed by atoms with Gasteiger partial charge in [-0.05, 0) is 48.7 Å². The highest BCUT2D eigenvalue weighted by Crippen LogP contribution is 2.15. The zero-order valence-electron chi connectivity index (χ0n) is 11.2. The van der Waals surface area contributed by atoms with Crippen LogP contribution in [0.2, 0.25) is 0 Å². The summed E-state index contributed by atoms with van der Waals surface area (Å²) in [6.45, 7) is 2.27. The molecule has 2 aromatic rings. The first-order valence-corrected chi connectivity index (χ1v) is 6.39. The quantitative estimate of drug-likeness (QED) is 0.900. The van der Waals surface area contributed by atoms with E-state index >= 15 is 0 Å². The minimum atomic E-state index is -0.317. The molecule has 0 saturated heterocycles. The highest BCUT2D eigenvalue weighted by Gasteiger charge is 2.09. The van der Waals surface area contributed by atoms with Crippen molar-refractivity contribution in [2.45, 2.75) is 13.3 Å². The number of aryl methyl sites for hydroxylation is 1. The fourth-order valence-electron chi connectivity index (χ4n) is 2.01. The highest BCUT2D eigenvalue weighted by atomic mass is 19.1. The Morgan fingerprint density at radius 3 is 2.70 bits per heavy atom. The van der Waals surface area contributed by atoms with Gasteiger partial charge in [0.1, 0.15) is 11.6 Å². The number of benzene rings is 2. The maximum Gasteiger partial charge on any atom is 0.255 e. The van der Waals surface area contributed by atoms with Crippen molar-refractivity contribution in [3.63, 3.8) is 0 Å². The second kappa shape index (κ2) is 6.19. The second-order valence-electron chi connectivity index (χ2n) is 4.59. The number of para-hydroxylation sites is 1. The van der Waals surface area contributed by atoms with Gasteiger partial charge in [0.25, 0.3) is 5.91 Å². The minimum Gasteiger partial charge on any atom is -0.507 e. The molecule has 1 amide bonds. The Bertz CT molecular complexity index is 626. The van der Waals surface area contributed by atoms with Crippen molar-refractivity contribution in [3.8, 4) is 5.75 Å². The Balaban J connectivity index is 1.93. The van der Waals surface area contributed by atoms with Gasteiger partial charge in [0, 0.05) is 6.54 Å². The fraction of sp³-hybridized carbons (Fsp3) is 0.188. The first-order chi connectivity index (χ1) is 9.58. The average molecular weight is 273 g/mol. The van der Waals surface area contributed by atoms with Gasteiger partial charge in [-0.25, -0.2) is 4.39 Å². The zero-order valence-corrected chi connectivity index (χ0v) is 11.2. The smallest absolute Gasteiger partial charge is 0.255 e. The number of halogens is 1. The molecule has 2 aromatic carbocycles. The standard InChI is InChI=1S/C16H16FNO2/c1-11-10-13(17)7-6-12(11)8-9-18-16(20)14-4-2-3-5-15(14)19/h2-7,10,19H,8-9H2,1H3,(H,18,20). The van der Waals surface area contributed by atoms with Crippen molar-refractivity contribution in [2.75, 3.05) is 6.54 Å². The number of hydrogen-bond donors (Lipinski definition) is 2. The highest BCUT2D eigenvalue weighted by molar-refractivity contribution is 5.96. The molecule has 0 aliphatic carbocycles. The summed E-state index contributed by atoms with van der Waals surface area (Å²) >= 11 is 0. The van der Waals surface area contributed by atoms with Gasteiger partial charge in [-0.3, -0.25) is 4.79 Å². The maximum atomic E-state index is 13.0. The third-order valence-corrected chi connectivity index (χ3v) is 3.13. The first-order valence-electron chi connectivity index (χ1n) is 6.39. The second-order valence-corrected chi connectivity index (χ2v) is 4.59. The van der Waals surface area contributed by atoms with Crippen LogP contribution in [0.4, 0.5) is 4.39 Å². The number of hydrogen-bond acceptors (Lipinski definition) is 2. The van der Waals surface area contributed by atoms with Gasteiger partial charge >= 0.3 is 0 Å². The van der Waals surface area contributed by atoms with E-state index in [1.807, 2.05) is 6.92 Å². The molecule has 0 aliphatic heterocycles. The number of amides is 1. The minimum absolute atomic E-state index is 0.0389. The lowest BCUT2D eigenvalue weighted by Crippen LogP contribution is -2.25. The van der Waals surface area contributed by atoms with Gasteiger partial charge < -0.3 is 10.4 Å². The van der Waals surface area contributed by atoms with Crippen molar-refractivity contribution in [1.82, 2.24) is 5.32 Å². The molecule has 3 nitrogen and oxygen atoms in total. The molecule has 0 heterocycles. The molecule has 0 radical (unpaired) electrons. The van der Waals surface area contributed by atoms with Gasteiger partial charge in [0.2, 0.25) is 0 Å². The van der Waals surface area contributed by atoms with Gasteiger partial charge in [-0.15, -0.1) is 0 Å². The van der Waals surface area contributed by atoms with Crippen molar-refractivity contribution in [3.05, 3.63) is 65.0 Å². The molecule has 0 aliphatic rings. The lowest BCUT2D eigenvalue weighted by atomic mass is 10.1. The molecule has 2 N–H and O–H groups in total. The van der Waals surface area contributed by atoms with E-state index in [0.717, 1.165) is 11.1 Å². The monoisotopic (exact) mass is 273 g/mol. The largest absolute Gasteiger partial charge is 0.507 e. The molecule has 0 spiro atoms. The van der Waals surface area contributed by atoms with Crippen molar-refractivity contribution >= 4 is 5.91 Å². The van der Waals surface area contributed by atoms with E-state index in [1.165, 1.54) is 18.2 Å². The molecule has 20 heavy (non-hydrogen) atoms. The van der Waals surface area contributed by atoms with Crippen LogP contribution < -0.4 is 5.32 Å². The Hall–Kier alpha value is -2.36. The number of carbonyl (C=O) groups excluding carboxylic acids is 1. The molecule has 0 aromatic heterocycles. The molecular formula is C16H16FNO2. The Morgan fingerprint density at radius 1 is 1.25 bits per heavy atom. The van der Waals surface area contributed by atoms with E-state index in [2.05, 4.69) is 5.32 Å². The average Bonchev–Trinajstić information content (AvgIpc) is 2.41. The number of nitrogens with one attached hydrogen (secondary N) is 1. The fourth-order valence-corrected chi connectivity index (χ4v) is 2.01. The molecule has 0 bridgehead atoms. The molecule has 2 rings (SSSR count). The van der Waals surface area contributed by atoms with Crippen LogP contribution >= 0.6 is 0 Å². The predicted octanol–water partition coefficient (Wildman–Crippen LogP) is 2.81. The Morgan fingerprint density at radius 2 is 2.00 bits per heavy atom. The van der Waals surface area contributed by atoms with Crippen LogP contribution in [0, 0.1) is 12.7 Å². The van der Waals surface area contributed by atoms with Crippen LogP contribution in [-0.2, 0) is 6.42 Å². The predicted molar refractivity (Wildman–Crippen MR) is 75.3 cm³/mol. The van der Waals surface area contributed by atoms with Crippen LogP contribution in [0.3, 0.4) is 0 Å². The summed E-state index contributed by atoms with van der Waals surface area (Å²) in [5, 5.41) is 12.3. The third-order valence-electron chi connectivity index (χ3n) is 3.13. The summed E-state index contributed by atoms with van der Waals surface area (Å²) in [5.41, 5.74) is 2.11. The molecule has 4 heteroatoms. The van der Waals surface area contributed by atoms with E-state index in [4.69, 9.17) is 0 Å². The summed E-state index contributed by atoms with van der Waals surface area (Å²) in [5.74, 6) is -0.615. The van der Waals surface area contributed by atoms with Gasteiger partial charge in [-0.2, -0.15) is 0 Å². The van der Waals surface area contributed by atoms with Crippen LogP contribution in [0.25, 0.3) is 0 Å². The Labute approximate surface area is 117 Å². The molecule has 0 unspecified atom stereocenters. The maximum absolute atomic E-state index is 13.0. The lowest BCUT2D eigenvalue weighted by Gasteiger charge is -2.08. The molecule has 0 atom stereocenters. The SMILES string of the molecule is Cc1cc(F)ccc1CCNC(=O)c1ccccc1O. The van der Waals surface area contributed by atoms with Crippen molar-refractivity contribution in [1.29, 1.82) is 0 Å². The van der Waals surface area contributed by atoms with Crippen LogP contribution in [0.1, 0.15) is 21.5 Å². The van der Waals surface area contributed by atoms with Crippen LogP contribution in [0.5, 0.6) is 5.75 Å². The number of phenols is 1. The number of rotatable bonds is 4. The molecule has 104 valence electrons. The molecule has 0 fully saturated rings. The van der Waals surface area contributed by atoms with Crippen LogP contribution in [-0.4, -0.2) is 17.6 Å². The van der Waals surface area contributed by atoms with E-state index in [1.54, 1.807) is 24.3 Å². The Kier molecular flexibility index (Phi) is 4.35. The number of phenolic OH excluding ortho intramolecular Hbond substituents is 1. The summed E-state index contributed by atoms with van der Waals surface area (Å²) in [6.07, 6.45) is 0.617. The van der Waals surface area contributed by atoms with Crippen LogP contribution in [0.15, 0.2) is 42.5 Å². The number of aromatic hydroxyl groups is 1. The van der Waals surface area contributed by atoms with E-state index < -0.39 is 0 Å². The van der Waals surface area contributed by atoms with Crippen molar-refractivity contribution in [2.24, 2.45) is 0 Å². The van der Waals surface area contributed by atoms with Gasteiger partial charge in [0.15, 0.2) is 0 Å². The van der Waals surface area contributed by atoms with Gasteiger partial charge in [-0.1, -0.05) is 18.2 Å². The summed E-state index contributed by atoms with van der Waals surface area (Å²) < 4.78 is 13.0. The normalized spacial score (nSPS) is 10.3. The first kappa shape index (κ1) is 14.1. The number of carbonyl (C=O) groups is 1. The summed E-state index contributed by atoms with van der Waals surface area (Å²) in [4.78, 5) is 11.9. The summed E-state index contributed by atoms with van der Waals surface area (Å²) in [6, 6.07) is 11.0. The third kappa shape index (κ3) is 3.35.